The molecule has 1 rings (SSSR count). The predicted molar refractivity (Wildman–Crippen MR) is 84.5 cm³/mol. The quantitative estimate of drug-likeness (QED) is 0.592. The van der Waals surface area contributed by atoms with Crippen LogP contribution in [0.5, 0.6) is 5.75 Å². The SMILES string of the molecule is CCS(=O)(=O)CCCOc1ccc(Br)cc1C(N)=S. The average molecular weight is 366 g/mol. The van der Waals surface area contributed by atoms with Crippen LogP contribution in [0.4, 0.5) is 0 Å². The van der Waals surface area contributed by atoms with Gasteiger partial charge in [-0.25, -0.2) is 8.42 Å². The number of sulfone groups is 1. The van der Waals surface area contributed by atoms with Gasteiger partial charge in [0.2, 0.25) is 0 Å². The van der Waals surface area contributed by atoms with E-state index in [0.717, 1.165) is 4.47 Å². The molecular weight excluding hydrogens is 350 g/mol. The zero-order chi connectivity index (χ0) is 14.5. The molecule has 0 atom stereocenters. The smallest absolute Gasteiger partial charge is 0.150 e. The molecule has 0 spiro atoms. The lowest BCUT2D eigenvalue weighted by Crippen LogP contribution is -2.14. The second-order valence-electron chi connectivity index (χ2n) is 3.94. The van der Waals surface area contributed by atoms with Crippen molar-refractivity contribution in [2.75, 3.05) is 18.1 Å². The van der Waals surface area contributed by atoms with Crippen molar-refractivity contribution in [1.82, 2.24) is 0 Å². The minimum atomic E-state index is -2.95. The zero-order valence-corrected chi connectivity index (χ0v) is 13.8. The van der Waals surface area contributed by atoms with Crippen LogP contribution in [-0.2, 0) is 9.84 Å². The maximum Gasteiger partial charge on any atom is 0.150 e. The summed E-state index contributed by atoms with van der Waals surface area (Å²) in [6.07, 6.45) is 0.447. The summed E-state index contributed by atoms with van der Waals surface area (Å²) in [5.74, 6) is 0.857. The highest BCUT2D eigenvalue weighted by atomic mass is 79.9. The highest BCUT2D eigenvalue weighted by Crippen LogP contribution is 2.23. The molecule has 19 heavy (non-hydrogen) atoms. The molecular formula is C12H16BrNO3S2. The zero-order valence-electron chi connectivity index (χ0n) is 10.6. The van der Waals surface area contributed by atoms with E-state index in [-0.39, 0.29) is 16.5 Å². The molecule has 0 radical (unpaired) electrons. The molecule has 0 bridgehead atoms. The molecule has 0 saturated heterocycles. The molecule has 106 valence electrons. The third-order valence-corrected chi connectivity index (χ3v) is 5.01. The number of nitrogens with two attached hydrogens (primary N) is 1. The van der Waals surface area contributed by atoms with Crippen molar-refractivity contribution < 1.29 is 13.2 Å². The Morgan fingerprint density at radius 3 is 2.74 bits per heavy atom. The maximum absolute atomic E-state index is 11.3. The lowest BCUT2D eigenvalue weighted by molar-refractivity contribution is 0.317. The molecule has 0 fully saturated rings. The van der Waals surface area contributed by atoms with Crippen LogP contribution in [0.1, 0.15) is 18.9 Å². The van der Waals surface area contributed by atoms with Crippen molar-refractivity contribution in [3.05, 3.63) is 28.2 Å². The molecule has 0 aliphatic carbocycles. The molecule has 0 unspecified atom stereocenters. The first kappa shape index (κ1) is 16.4. The Balaban J connectivity index is 2.61. The largest absolute Gasteiger partial charge is 0.493 e. The summed E-state index contributed by atoms with van der Waals surface area (Å²) in [5.41, 5.74) is 6.25. The lowest BCUT2D eigenvalue weighted by Gasteiger charge is -2.11. The van der Waals surface area contributed by atoms with Gasteiger partial charge < -0.3 is 10.5 Å². The molecule has 0 aromatic heterocycles. The van der Waals surface area contributed by atoms with E-state index in [0.29, 0.717) is 24.3 Å². The van der Waals surface area contributed by atoms with E-state index in [4.69, 9.17) is 22.7 Å². The van der Waals surface area contributed by atoms with E-state index in [1.54, 1.807) is 19.1 Å². The minimum Gasteiger partial charge on any atom is -0.493 e. The highest BCUT2D eigenvalue weighted by Gasteiger charge is 2.09. The van der Waals surface area contributed by atoms with Gasteiger partial charge in [-0.05, 0) is 24.6 Å². The third kappa shape index (κ3) is 5.46. The van der Waals surface area contributed by atoms with Crippen molar-refractivity contribution >= 4 is 43.0 Å². The Kier molecular flexibility index (Phi) is 6.22. The van der Waals surface area contributed by atoms with E-state index in [1.807, 2.05) is 6.07 Å². The van der Waals surface area contributed by atoms with E-state index < -0.39 is 9.84 Å². The number of hydrogen-bond donors (Lipinski definition) is 1. The van der Waals surface area contributed by atoms with E-state index >= 15 is 0 Å². The van der Waals surface area contributed by atoms with Gasteiger partial charge in [0.05, 0.1) is 17.9 Å². The Morgan fingerprint density at radius 2 is 2.16 bits per heavy atom. The first-order chi connectivity index (χ1) is 8.85. The fraction of sp³-hybridized carbons (Fsp3) is 0.417. The van der Waals surface area contributed by atoms with Crippen LogP contribution in [0.3, 0.4) is 0 Å². The van der Waals surface area contributed by atoms with Crippen LogP contribution in [0.15, 0.2) is 22.7 Å². The molecule has 0 aliphatic heterocycles. The van der Waals surface area contributed by atoms with Gasteiger partial charge in [-0.3, -0.25) is 0 Å². The second kappa shape index (κ2) is 7.21. The summed E-state index contributed by atoms with van der Waals surface area (Å²) in [6, 6.07) is 5.35. The Hall–Kier alpha value is -0.660. The van der Waals surface area contributed by atoms with Crippen LogP contribution >= 0.6 is 28.1 Å². The average Bonchev–Trinajstić information content (AvgIpc) is 2.36. The molecule has 4 nitrogen and oxygen atoms in total. The van der Waals surface area contributed by atoms with Gasteiger partial charge in [0.25, 0.3) is 0 Å². The van der Waals surface area contributed by atoms with E-state index in [2.05, 4.69) is 15.9 Å². The van der Waals surface area contributed by atoms with Crippen molar-refractivity contribution in [2.24, 2.45) is 5.73 Å². The number of ether oxygens (including phenoxy) is 1. The van der Waals surface area contributed by atoms with Crippen molar-refractivity contribution in [3.8, 4) is 5.75 Å². The molecule has 0 heterocycles. The first-order valence-corrected chi connectivity index (χ1v) is 8.80. The van der Waals surface area contributed by atoms with Crippen molar-refractivity contribution in [3.63, 3.8) is 0 Å². The lowest BCUT2D eigenvalue weighted by atomic mass is 10.2. The summed E-state index contributed by atoms with van der Waals surface area (Å²) in [7, 11) is -2.95. The topological polar surface area (TPSA) is 69.4 Å². The van der Waals surface area contributed by atoms with Crippen LogP contribution in [0.25, 0.3) is 0 Å². The number of halogens is 1. The van der Waals surface area contributed by atoms with E-state index in [9.17, 15) is 8.42 Å². The van der Waals surface area contributed by atoms with Crippen LogP contribution in [0.2, 0.25) is 0 Å². The summed E-state index contributed by atoms with van der Waals surface area (Å²) in [4.78, 5) is 0.248. The Labute approximate surface area is 127 Å². The number of rotatable bonds is 7. The van der Waals surface area contributed by atoms with Crippen LogP contribution < -0.4 is 10.5 Å². The fourth-order valence-electron chi connectivity index (χ4n) is 1.43. The standard InChI is InChI=1S/C12H16BrNO3S2/c1-2-19(15,16)7-3-6-17-11-5-4-9(13)8-10(11)12(14)18/h4-5,8H,2-3,6-7H2,1H3,(H2,14,18). The van der Waals surface area contributed by atoms with Crippen LogP contribution in [0, 0.1) is 0 Å². The van der Waals surface area contributed by atoms with Gasteiger partial charge in [-0.1, -0.05) is 35.1 Å². The molecule has 7 heteroatoms. The molecule has 0 aliphatic rings. The number of thiocarbonyl (C=S) groups is 1. The molecule has 1 aromatic carbocycles. The van der Waals surface area contributed by atoms with Gasteiger partial charge in [-0.15, -0.1) is 0 Å². The Bertz CT molecular complexity index is 558. The molecule has 2 N–H and O–H groups in total. The van der Waals surface area contributed by atoms with Gasteiger partial charge >= 0.3 is 0 Å². The highest BCUT2D eigenvalue weighted by molar-refractivity contribution is 9.10. The van der Waals surface area contributed by atoms with Crippen molar-refractivity contribution in [2.45, 2.75) is 13.3 Å². The third-order valence-electron chi connectivity index (χ3n) is 2.50. The first-order valence-electron chi connectivity index (χ1n) is 5.78. The molecule has 1 aromatic rings. The maximum atomic E-state index is 11.3. The van der Waals surface area contributed by atoms with E-state index in [1.165, 1.54) is 0 Å². The van der Waals surface area contributed by atoms with Crippen LogP contribution in [-0.4, -0.2) is 31.5 Å². The number of benzene rings is 1. The summed E-state index contributed by atoms with van der Waals surface area (Å²) in [5, 5.41) is 0. The monoisotopic (exact) mass is 365 g/mol. The molecule has 0 amide bonds. The summed E-state index contributed by atoms with van der Waals surface area (Å²) in [6.45, 7) is 1.95. The fourth-order valence-corrected chi connectivity index (χ4v) is 2.79. The van der Waals surface area contributed by atoms with Gasteiger partial charge in [0, 0.05) is 10.2 Å². The normalized spacial score (nSPS) is 11.3. The van der Waals surface area contributed by atoms with Gasteiger partial charge in [0.15, 0.2) is 0 Å². The Morgan fingerprint density at radius 1 is 1.47 bits per heavy atom. The van der Waals surface area contributed by atoms with Crippen molar-refractivity contribution in [1.29, 1.82) is 0 Å². The summed E-state index contributed by atoms with van der Waals surface area (Å²) >= 11 is 8.28. The minimum absolute atomic E-state index is 0.127. The summed E-state index contributed by atoms with van der Waals surface area (Å²) < 4.78 is 29.1. The second-order valence-corrected chi connectivity index (χ2v) is 7.77. The number of hydrogen-bond acceptors (Lipinski definition) is 4. The van der Waals surface area contributed by atoms with Gasteiger partial charge in [0.1, 0.15) is 20.6 Å². The van der Waals surface area contributed by atoms with Gasteiger partial charge in [-0.2, -0.15) is 0 Å². The predicted octanol–water partition coefficient (Wildman–Crippen LogP) is 2.29. The molecule has 0 saturated carbocycles.